The first-order chi connectivity index (χ1) is 14.3. The van der Waals surface area contributed by atoms with E-state index in [1.807, 2.05) is 36.4 Å². The van der Waals surface area contributed by atoms with E-state index < -0.39 is 0 Å². The maximum absolute atomic E-state index is 5.53. The van der Waals surface area contributed by atoms with E-state index in [1.54, 1.807) is 24.2 Å². The van der Waals surface area contributed by atoms with Crippen LogP contribution in [0.1, 0.15) is 11.1 Å². The number of anilines is 1. The summed E-state index contributed by atoms with van der Waals surface area (Å²) in [5.74, 6) is 2.30. The number of hydrogen-bond acceptors (Lipinski definition) is 7. The van der Waals surface area contributed by atoms with Gasteiger partial charge in [-0.15, -0.1) is 0 Å². The average molecular weight is 386 g/mol. The predicted molar refractivity (Wildman–Crippen MR) is 110 cm³/mol. The summed E-state index contributed by atoms with van der Waals surface area (Å²) in [6, 6.07) is 13.7. The number of fused-ring (bicyclic) bond motifs is 2. The lowest BCUT2D eigenvalue weighted by Crippen LogP contribution is -2.00. The van der Waals surface area contributed by atoms with Crippen molar-refractivity contribution in [2.75, 3.05) is 19.1 Å². The highest BCUT2D eigenvalue weighted by Gasteiger charge is 2.12. The van der Waals surface area contributed by atoms with Gasteiger partial charge in [-0.05, 0) is 41.5 Å². The number of hydrogen-bond donors (Lipinski definition) is 1. The van der Waals surface area contributed by atoms with Crippen molar-refractivity contribution < 1.29 is 9.47 Å². The van der Waals surface area contributed by atoms with Gasteiger partial charge in [0.1, 0.15) is 17.8 Å². The zero-order valence-corrected chi connectivity index (χ0v) is 15.7. The molecule has 144 valence electrons. The van der Waals surface area contributed by atoms with Crippen molar-refractivity contribution in [1.82, 2.24) is 19.7 Å². The molecule has 29 heavy (non-hydrogen) atoms. The number of methoxy groups -OCH3 is 1. The van der Waals surface area contributed by atoms with E-state index >= 15 is 0 Å². The topological polar surface area (TPSA) is 86.5 Å². The summed E-state index contributed by atoms with van der Waals surface area (Å²) >= 11 is 0. The molecule has 8 nitrogen and oxygen atoms in total. The highest BCUT2D eigenvalue weighted by molar-refractivity contribution is 5.88. The van der Waals surface area contributed by atoms with Crippen LogP contribution in [0.3, 0.4) is 0 Å². The minimum atomic E-state index is 0.588. The Bertz CT molecular complexity index is 1220. The molecular weight excluding hydrogens is 368 g/mol. The standard InChI is InChI=1S/C21H18N6O2/c1-28-17-4-2-3-16(10-17)27-21-18(12-25-27)20(22-13-23-21)26-24-11-14-5-6-19-15(9-14)7-8-29-19/h2-6,9-13H,7-8H2,1H3,(H,22,23,26). The molecule has 0 radical (unpaired) electrons. The molecule has 0 unspecified atom stereocenters. The summed E-state index contributed by atoms with van der Waals surface area (Å²) in [6.45, 7) is 0.740. The van der Waals surface area contributed by atoms with Crippen LogP contribution in [0.15, 0.2) is 60.1 Å². The van der Waals surface area contributed by atoms with Crippen molar-refractivity contribution in [2.45, 2.75) is 6.42 Å². The Hall–Kier alpha value is -3.94. The van der Waals surface area contributed by atoms with E-state index in [4.69, 9.17) is 9.47 Å². The zero-order valence-electron chi connectivity index (χ0n) is 15.7. The molecule has 5 rings (SSSR count). The number of ether oxygens (including phenoxy) is 2. The highest BCUT2D eigenvalue weighted by Crippen LogP contribution is 2.26. The Morgan fingerprint density at radius 2 is 2.17 bits per heavy atom. The molecule has 1 aliphatic rings. The molecule has 2 aromatic carbocycles. The van der Waals surface area contributed by atoms with Gasteiger partial charge in [-0.3, -0.25) is 5.43 Å². The van der Waals surface area contributed by atoms with Crippen LogP contribution < -0.4 is 14.9 Å². The van der Waals surface area contributed by atoms with Crippen molar-refractivity contribution in [3.63, 3.8) is 0 Å². The van der Waals surface area contributed by atoms with Gasteiger partial charge >= 0.3 is 0 Å². The van der Waals surface area contributed by atoms with E-state index in [0.717, 1.165) is 41.2 Å². The maximum Gasteiger partial charge on any atom is 0.168 e. The fourth-order valence-corrected chi connectivity index (χ4v) is 3.32. The molecule has 0 spiro atoms. The summed E-state index contributed by atoms with van der Waals surface area (Å²) in [4.78, 5) is 8.68. The Morgan fingerprint density at radius 1 is 1.21 bits per heavy atom. The molecule has 4 aromatic rings. The first kappa shape index (κ1) is 17.2. The third-order valence-electron chi connectivity index (χ3n) is 4.76. The molecule has 3 heterocycles. The lowest BCUT2D eigenvalue weighted by atomic mass is 10.1. The van der Waals surface area contributed by atoms with Crippen molar-refractivity contribution in [3.05, 3.63) is 66.1 Å². The third kappa shape index (κ3) is 3.25. The van der Waals surface area contributed by atoms with Crippen LogP contribution in [0.5, 0.6) is 11.5 Å². The van der Waals surface area contributed by atoms with E-state index in [-0.39, 0.29) is 0 Å². The van der Waals surface area contributed by atoms with Gasteiger partial charge in [-0.25, -0.2) is 14.6 Å². The first-order valence-corrected chi connectivity index (χ1v) is 9.20. The van der Waals surface area contributed by atoms with E-state index in [9.17, 15) is 0 Å². The van der Waals surface area contributed by atoms with Crippen LogP contribution in [0.2, 0.25) is 0 Å². The lowest BCUT2D eigenvalue weighted by Gasteiger charge is -2.06. The molecular formula is C21H18N6O2. The Balaban J connectivity index is 1.42. The van der Waals surface area contributed by atoms with Crippen LogP contribution in [0.4, 0.5) is 5.82 Å². The number of nitrogens with zero attached hydrogens (tertiary/aromatic N) is 5. The molecule has 8 heteroatoms. The van der Waals surface area contributed by atoms with Crippen molar-refractivity contribution in [3.8, 4) is 17.2 Å². The number of rotatable bonds is 5. The quantitative estimate of drug-likeness (QED) is 0.419. The maximum atomic E-state index is 5.53. The predicted octanol–water partition coefficient (Wildman–Crippen LogP) is 3.21. The number of nitrogens with one attached hydrogen (secondary N) is 1. The SMILES string of the molecule is COc1cccc(-n2ncc3c(NN=Cc4ccc5c(c4)CCO5)ncnc32)c1. The van der Waals surface area contributed by atoms with Crippen LogP contribution in [0, 0.1) is 0 Å². The number of hydrazone groups is 1. The molecule has 1 N–H and O–H groups in total. The highest BCUT2D eigenvalue weighted by atomic mass is 16.5. The number of aromatic nitrogens is 4. The molecule has 0 saturated carbocycles. The second-order valence-corrected chi connectivity index (χ2v) is 6.55. The summed E-state index contributed by atoms with van der Waals surface area (Å²) in [6.07, 6.45) is 5.91. The van der Waals surface area contributed by atoms with Crippen LogP contribution in [-0.4, -0.2) is 39.7 Å². The largest absolute Gasteiger partial charge is 0.497 e. The second-order valence-electron chi connectivity index (χ2n) is 6.55. The van der Waals surface area contributed by atoms with E-state index in [2.05, 4.69) is 31.7 Å². The number of benzene rings is 2. The van der Waals surface area contributed by atoms with Gasteiger partial charge in [0.15, 0.2) is 11.5 Å². The lowest BCUT2D eigenvalue weighted by molar-refractivity contribution is 0.357. The van der Waals surface area contributed by atoms with Crippen LogP contribution in [-0.2, 0) is 6.42 Å². The summed E-state index contributed by atoms with van der Waals surface area (Å²) in [5.41, 5.74) is 6.74. The second kappa shape index (κ2) is 7.23. The van der Waals surface area contributed by atoms with E-state index in [0.29, 0.717) is 11.5 Å². The molecule has 0 amide bonds. The summed E-state index contributed by atoms with van der Waals surface area (Å²) in [7, 11) is 1.64. The summed E-state index contributed by atoms with van der Waals surface area (Å²) < 4.78 is 12.6. The van der Waals surface area contributed by atoms with E-state index in [1.165, 1.54) is 11.9 Å². The fourth-order valence-electron chi connectivity index (χ4n) is 3.32. The minimum Gasteiger partial charge on any atom is -0.497 e. The van der Waals surface area contributed by atoms with Crippen LogP contribution in [0.25, 0.3) is 16.7 Å². The van der Waals surface area contributed by atoms with Gasteiger partial charge in [0, 0.05) is 12.5 Å². The van der Waals surface area contributed by atoms with Crippen molar-refractivity contribution >= 4 is 23.1 Å². The van der Waals surface area contributed by atoms with Gasteiger partial charge in [0.25, 0.3) is 0 Å². The Morgan fingerprint density at radius 3 is 3.10 bits per heavy atom. The molecule has 0 aliphatic carbocycles. The molecule has 0 atom stereocenters. The van der Waals surface area contributed by atoms with Crippen LogP contribution >= 0.6 is 0 Å². The molecule has 0 fully saturated rings. The molecule has 0 saturated heterocycles. The smallest absolute Gasteiger partial charge is 0.168 e. The first-order valence-electron chi connectivity index (χ1n) is 9.20. The molecule has 1 aliphatic heterocycles. The van der Waals surface area contributed by atoms with Gasteiger partial charge in [0.05, 0.1) is 37.2 Å². The van der Waals surface area contributed by atoms with Gasteiger partial charge in [-0.1, -0.05) is 6.07 Å². The van der Waals surface area contributed by atoms with Gasteiger partial charge in [-0.2, -0.15) is 10.2 Å². The zero-order chi connectivity index (χ0) is 19.6. The van der Waals surface area contributed by atoms with Crippen molar-refractivity contribution in [2.24, 2.45) is 5.10 Å². The molecule has 0 bridgehead atoms. The Kier molecular flexibility index (Phi) is 4.28. The summed E-state index contributed by atoms with van der Waals surface area (Å²) in [5, 5.41) is 9.57. The monoisotopic (exact) mass is 386 g/mol. The van der Waals surface area contributed by atoms with Gasteiger partial charge in [0.2, 0.25) is 0 Å². The minimum absolute atomic E-state index is 0.588. The molecule has 2 aromatic heterocycles. The average Bonchev–Trinajstić information content (AvgIpc) is 3.41. The van der Waals surface area contributed by atoms with Gasteiger partial charge < -0.3 is 9.47 Å². The Labute approximate surface area is 166 Å². The van der Waals surface area contributed by atoms with Crippen molar-refractivity contribution in [1.29, 1.82) is 0 Å². The third-order valence-corrected chi connectivity index (χ3v) is 4.76. The fraction of sp³-hybridized carbons (Fsp3) is 0.143. The normalized spacial score (nSPS) is 12.9.